The van der Waals surface area contributed by atoms with E-state index in [4.69, 9.17) is 16.3 Å². The van der Waals surface area contributed by atoms with Crippen molar-refractivity contribution in [2.75, 3.05) is 26.2 Å². The van der Waals surface area contributed by atoms with Crippen LogP contribution >= 0.6 is 22.9 Å². The molecule has 2 aromatic carbocycles. The van der Waals surface area contributed by atoms with Crippen LogP contribution in [0.1, 0.15) is 58.2 Å². The van der Waals surface area contributed by atoms with Crippen molar-refractivity contribution < 1.29 is 14.3 Å². The van der Waals surface area contributed by atoms with E-state index in [0.717, 1.165) is 35.3 Å². The third-order valence-electron chi connectivity index (χ3n) is 6.92. The molecule has 196 valence electrons. The maximum absolute atomic E-state index is 13.8. The van der Waals surface area contributed by atoms with E-state index in [9.17, 15) is 9.59 Å². The van der Waals surface area contributed by atoms with Crippen LogP contribution in [0.25, 0.3) is 0 Å². The maximum atomic E-state index is 13.8. The van der Waals surface area contributed by atoms with Gasteiger partial charge in [-0.2, -0.15) is 0 Å². The van der Waals surface area contributed by atoms with Gasteiger partial charge in [0.15, 0.2) is 0 Å². The minimum Gasteiger partial charge on any atom is -0.491 e. The summed E-state index contributed by atoms with van der Waals surface area (Å²) in [4.78, 5) is 32.2. The topological polar surface area (TPSA) is 49.9 Å². The molecule has 1 aliphatic rings. The molecule has 0 aliphatic carbocycles. The van der Waals surface area contributed by atoms with Gasteiger partial charge >= 0.3 is 0 Å². The van der Waals surface area contributed by atoms with E-state index in [0.29, 0.717) is 36.2 Å². The molecule has 7 heteroatoms. The number of fused-ring (bicyclic) bond motifs is 1. The largest absolute Gasteiger partial charge is 0.491 e. The van der Waals surface area contributed by atoms with Crippen LogP contribution in [0.3, 0.4) is 0 Å². The van der Waals surface area contributed by atoms with E-state index < -0.39 is 0 Å². The molecule has 1 unspecified atom stereocenters. The summed E-state index contributed by atoms with van der Waals surface area (Å²) in [5.41, 5.74) is 3.65. The number of carbonyl (C=O) groups is 2. The molecule has 1 aliphatic heterocycles. The minimum absolute atomic E-state index is 0.0515. The molecule has 0 N–H and O–H groups in total. The van der Waals surface area contributed by atoms with Gasteiger partial charge in [-0.25, -0.2) is 0 Å². The van der Waals surface area contributed by atoms with Crippen LogP contribution in [-0.2, 0) is 11.2 Å². The van der Waals surface area contributed by atoms with E-state index in [1.807, 2.05) is 61.2 Å². The van der Waals surface area contributed by atoms with E-state index in [-0.39, 0.29) is 24.4 Å². The van der Waals surface area contributed by atoms with E-state index in [1.165, 1.54) is 4.88 Å². The fourth-order valence-corrected chi connectivity index (χ4v) is 5.71. The van der Waals surface area contributed by atoms with Gasteiger partial charge in [-0.1, -0.05) is 43.6 Å². The Balaban J connectivity index is 1.54. The number of aryl methyl sites for hydroxylation is 2. The standard InChI is InChI=1S/C30H35ClN2O3S/c1-20(2)11-14-32(30(35)24-8-6-5-7-21(24)3)18-29(34)33-15-12-28-25(13-16-37-28)27(33)19-36-23-9-10-26(31)22(4)17-23/h5-10,13,16-17,20,27H,11-12,14-15,18-19H2,1-4H3. The van der Waals surface area contributed by atoms with Crippen LogP contribution in [0, 0.1) is 19.8 Å². The summed E-state index contributed by atoms with van der Waals surface area (Å²) in [5, 5.41) is 2.77. The Morgan fingerprint density at radius 2 is 1.92 bits per heavy atom. The Kier molecular flexibility index (Phi) is 8.93. The monoisotopic (exact) mass is 538 g/mol. The zero-order chi connectivity index (χ0) is 26.5. The molecule has 2 heterocycles. The highest BCUT2D eigenvalue weighted by Crippen LogP contribution is 2.34. The summed E-state index contributed by atoms with van der Waals surface area (Å²) in [6, 6.07) is 15.1. The fraction of sp³-hybridized carbons (Fsp3) is 0.400. The minimum atomic E-state index is -0.209. The summed E-state index contributed by atoms with van der Waals surface area (Å²) in [6.07, 6.45) is 1.65. The van der Waals surface area contributed by atoms with Crippen LogP contribution in [0.2, 0.25) is 5.02 Å². The highest BCUT2D eigenvalue weighted by Gasteiger charge is 2.33. The number of ether oxygens (including phenoxy) is 1. The van der Waals surface area contributed by atoms with Crippen LogP contribution in [-0.4, -0.2) is 47.9 Å². The van der Waals surface area contributed by atoms with E-state index >= 15 is 0 Å². The molecule has 3 aromatic rings. The molecule has 0 bridgehead atoms. The number of rotatable bonds is 9. The molecule has 2 amide bonds. The molecule has 37 heavy (non-hydrogen) atoms. The molecule has 0 saturated carbocycles. The zero-order valence-electron chi connectivity index (χ0n) is 22.0. The molecule has 5 nitrogen and oxygen atoms in total. The highest BCUT2D eigenvalue weighted by molar-refractivity contribution is 7.10. The molecule has 1 atom stereocenters. The zero-order valence-corrected chi connectivity index (χ0v) is 23.6. The van der Waals surface area contributed by atoms with Crippen molar-refractivity contribution in [3.8, 4) is 5.75 Å². The van der Waals surface area contributed by atoms with Crippen molar-refractivity contribution in [2.45, 2.75) is 46.6 Å². The summed E-state index contributed by atoms with van der Waals surface area (Å²) < 4.78 is 6.18. The first-order valence-electron chi connectivity index (χ1n) is 12.8. The molecular weight excluding hydrogens is 504 g/mol. The number of hydrogen-bond acceptors (Lipinski definition) is 4. The average Bonchev–Trinajstić information content (AvgIpc) is 3.36. The molecule has 0 fully saturated rings. The molecule has 1 aromatic heterocycles. The number of halogens is 1. The number of thiophene rings is 1. The first-order chi connectivity index (χ1) is 17.7. The van der Waals surface area contributed by atoms with Crippen molar-refractivity contribution in [2.24, 2.45) is 5.92 Å². The van der Waals surface area contributed by atoms with Gasteiger partial charge in [0.1, 0.15) is 18.9 Å². The predicted molar refractivity (Wildman–Crippen MR) is 151 cm³/mol. The lowest BCUT2D eigenvalue weighted by Gasteiger charge is -2.37. The summed E-state index contributed by atoms with van der Waals surface area (Å²) in [5.74, 6) is 1.01. The number of amides is 2. The van der Waals surface area contributed by atoms with Crippen molar-refractivity contribution in [3.63, 3.8) is 0 Å². The summed E-state index contributed by atoms with van der Waals surface area (Å²) >= 11 is 7.90. The number of hydrogen-bond donors (Lipinski definition) is 0. The third-order valence-corrected chi connectivity index (χ3v) is 8.34. The fourth-order valence-electron chi connectivity index (χ4n) is 4.66. The number of nitrogens with zero attached hydrogens (tertiary/aromatic N) is 2. The lowest BCUT2D eigenvalue weighted by atomic mass is 10.00. The number of benzene rings is 2. The Labute approximate surface area is 229 Å². The second kappa shape index (κ2) is 12.1. The van der Waals surface area contributed by atoms with Gasteiger partial charge in [0.05, 0.1) is 6.04 Å². The van der Waals surface area contributed by atoms with Gasteiger partial charge in [0.25, 0.3) is 5.91 Å². The molecule has 0 spiro atoms. The van der Waals surface area contributed by atoms with Gasteiger partial charge < -0.3 is 14.5 Å². The van der Waals surface area contributed by atoms with Gasteiger partial charge in [-0.3, -0.25) is 9.59 Å². The third kappa shape index (κ3) is 6.55. The van der Waals surface area contributed by atoms with Gasteiger partial charge in [-0.05, 0) is 85.0 Å². The molecule has 0 saturated heterocycles. The Morgan fingerprint density at radius 3 is 2.65 bits per heavy atom. The smallest absolute Gasteiger partial charge is 0.254 e. The maximum Gasteiger partial charge on any atom is 0.254 e. The second-order valence-corrected chi connectivity index (χ2v) is 11.5. The SMILES string of the molecule is Cc1cc(OCC2c3ccsc3CCN2C(=O)CN(CCC(C)C)C(=O)c2ccccc2C)ccc1Cl. The normalized spacial score (nSPS) is 15.0. The Bertz CT molecular complexity index is 1260. The molecular formula is C30H35ClN2O3S. The van der Waals surface area contributed by atoms with E-state index in [2.05, 4.69) is 25.3 Å². The second-order valence-electron chi connectivity index (χ2n) is 10.1. The van der Waals surface area contributed by atoms with Gasteiger partial charge in [0.2, 0.25) is 5.91 Å². The van der Waals surface area contributed by atoms with Crippen LogP contribution < -0.4 is 4.74 Å². The van der Waals surface area contributed by atoms with Crippen molar-refractivity contribution >= 4 is 34.8 Å². The quantitative estimate of drug-likeness (QED) is 0.304. The lowest BCUT2D eigenvalue weighted by Crippen LogP contribution is -2.48. The van der Waals surface area contributed by atoms with Gasteiger partial charge in [0, 0.05) is 28.6 Å². The van der Waals surface area contributed by atoms with E-state index in [1.54, 1.807) is 16.2 Å². The average molecular weight is 539 g/mol. The first kappa shape index (κ1) is 27.2. The summed E-state index contributed by atoms with van der Waals surface area (Å²) in [7, 11) is 0. The lowest BCUT2D eigenvalue weighted by molar-refractivity contribution is -0.135. The number of carbonyl (C=O) groups excluding carboxylic acids is 2. The Hall–Kier alpha value is -2.83. The van der Waals surface area contributed by atoms with Crippen molar-refractivity contribution in [1.29, 1.82) is 0 Å². The van der Waals surface area contributed by atoms with Crippen molar-refractivity contribution in [3.05, 3.63) is 86.1 Å². The molecule has 4 rings (SSSR count). The highest BCUT2D eigenvalue weighted by atomic mass is 35.5. The van der Waals surface area contributed by atoms with Crippen molar-refractivity contribution in [1.82, 2.24) is 9.80 Å². The van der Waals surface area contributed by atoms with Gasteiger partial charge in [-0.15, -0.1) is 11.3 Å². The Morgan fingerprint density at radius 1 is 1.14 bits per heavy atom. The summed E-state index contributed by atoms with van der Waals surface area (Å²) in [6.45, 7) is 9.68. The van der Waals surface area contributed by atoms with Crippen LogP contribution in [0.5, 0.6) is 5.75 Å². The van der Waals surface area contributed by atoms with Crippen LogP contribution in [0.4, 0.5) is 0 Å². The first-order valence-corrected chi connectivity index (χ1v) is 14.1. The van der Waals surface area contributed by atoms with Crippen LogP contribution in [0.15, 0.2) is 53.9 Å². The predicted octanol–water partition coefficient (Wildman–Crippen LogP) is 6.71. The molecule has 0 radical (unpaired) electrons.